The van der Waals surface area contributed by atoms with Crippen LogP contribution in [0.4, 0.5) is 0 Å². The van der Waals surface area contributed by atoms with Gasteiger partial charge in [-0.2, -0.15) is 0 Å². The topological polar surface area (TPSA) is 115 Å². The fraction of sp³-hybridized carbons (Fsp3) is 0.304. The third kappa shape index (κ3) is 5.76. The third-order valence-electron chi connectivity index (χ3n) is 5.04. The number of carbonyl (C=O) groups is 2. The quantitative estimate of drug-likeness (QED) is 0.387. The number of rotatable bonds is 10. The Morgan fingerprint density at radius 2 is 1.91 bits per heavy atom. The number of benzene rings is 1. The largest absolute Gasteiger partial charge is 0.462 e. The summed E-state index contributed by atoms with van der Waals surface area (Å²) in [6.07, 6.45) is 1.45. The molecule has 1 aliphatic rings. The second-order valence-electron chi connectivity index (χ2n) is 7.27. The number of allylic oxidation sites excluding steroid dienone is 1. The SMILES string of the molecule is CCOC(=O)C1=C(C)N(CCOC)C(=O)/C1=C\c1ccc(CNS(=O)(=O)c2ccc(Cl)cc2)o1. The maximum absolute atomic E-state index is 13.0. The van der Waals surface area contributed by atoms with Crippen LogP contribution >= 0.6 is 11.6 Å². The molecule has 0 spiro atoms. The van der Waals surface area contributed by atoms with Crippen molar-refractivity contribution in [3.8, 4) is 0 Å². The molecule has 1 aromatic carbocycles. The second kappa shape index (κ2) is 11.0. The van der Waals surface area contributed by atoms with Crippen molar-refractivity contribution in [2.75, 3.05) is 26.9 Å². The zero-order valence-electron chi connectivity index (χ0n) is 19.0. The van der Waals surface area contributed by atoms with Crippen LogP contribution in [0.1, 0.15) is 25.4 Å². The lowest BCUT2D eigenvalue weighted by Crippen LogP contribution is -2.28. The molecule has 0 unspecified atom stereocenters. The zero-order chi connectivity index (χ0) is 24.9. The van der Waals surface area contributed by atoms with Crippen LogP contribution in [0.2, 0.25) is 5.02 Å². The third-order valence-corrected chi connectivity index (χ3v) is 6.71. The van der Waals surface area contributed by atoms with E-state index in [1.165, 1.54) is 42.4 Å². The molecule has 0 radical (unpaired) electrons. The van der Waals surface area contributed by atoms with E-state index in [2.05, 4.69) is 4.72 Å². The van der Waals surface area contributed by atoms with Gasteiger partial charge in [0.1, 0.15) is 11.5 Å². The summed E-state index contributed by atoms with van der Waals surface area (Å²) in [5.74, 6) is -0.377. The van der Waals surface area contributed by atoms with E-state index in [4.69, 9.17) is 25.5 Å². The monoisotopic (exact) mass is 508 g/mol. The van der Waals surface area contributed by atoms with Gasteiger partial charge >= 0.3 is 5.97 Å². The number of amides is 1. The molecule has 3 rings (SSSR count). The van der Waals surface area contributed by atoms with Crippen molar-refractivity contribution >= 4 is 39.6 Å². The normalized spacial score (nSPS) is 15.5. The molecule has 1 aliphatic heterocycles. The minimum absolute atomic E-state index is 0.0678. The minimum Gasteiger partial charge on any atom is -0.462 e. The lowest BCUT2D eigenvalue weighted by Gasteiger charge is -2.16. The van der Waals surface area contributed by atoms with Crippen LogP contribution in [0, 0.1) is 0 Å². The molecule has 11 heteroatoms. The van der Waals surface area contributed by atoms with Crippen LogP contribution in [0.3, 0.4) is 0 Å². The molecule has 1 N–H and O–H groups in total. The first-order valence-corrected chi connectivity index (χ1v) is 12.3. The highest BCUT2D eigenvalue weighted by atomic mass is 35.5. The summed E-state index contributed by atoms with van der Waals surface area (Å²) >= 11 is 5.81. The smallest absolute Gasteiger partial charge is 0.340 e. The lowest BCUT2D eigenvalue weighted by molar-refractivity contribution is -0.138. The van der Waals surface area contributed by atoms with Gasteiger partial charge in [0.15, 0.2) is 0 Å². The number of furan rings is 1. The number of halogens is 1. The van der Waals surface area contributed by atoms with Gasteiger partial charge in [0.05, 0.1) is 35.8 Å². The molecule has 0 aliphatic carbocycles. The lowest BCUT2D eigenvalue weighted by atomic mass is 10.1. The van der Waals surface area contributed by atoms with Crippen molar-refractivity contribution in [2.45, 2.75) is 25.3 Å². The predicted octanol–water partition coefficient (Wildman–Crippen LogP) is 3.12. The van der Waals surface area contributed by atoms with Crippen molar-refractivity contribution in [3.63, 3.8) is 0 Å². The van der Waals surface area contributed by atoms with Gasteiger partial charge in [-0.05, 0) is 56.3 Å². The fourth-order valence-electron chi connectivity index (χ4n) is 3.35. The number of hydrogen-bond acceptors (Lipinski definition) is 7. The Morgan fingerprint density at radius 1 is 1.21 bits per heavy atom. The number of esters is 1. The van der Waals surface area contributed by atoms with E-state index in [-0.39, 0.29) is 47.4 Å². The standard InChI is InChI=1S/C23H25ClN2O7S/c1-4-32-23(28)21-15(2)26(11-12-31-3)22(27)20(21)13-17-7-8-18(33-17)14-25-34(29,30)19-9-5-16(24)6-10-19/h5-10,13,25H,4,11-12,14H2,1-3H3/b20-13-. The molecule has 2 aromatic rings. The second-order valence-corrected chi connectivity index (χ2v) is 9.47. The fourth-order valence-corrected chi connectivity index (χ4v) is 4.47. The average molecular weight is 509 g/mol. The van der Waals surface area contributed by atoms with Gasteiger partial charge in [-0.3, -0.25) is 4.79 Å². The highest BCUT2D eigenvalue weighted by Gasteiger charge is 2.37. The molecule has 1 amide bonds. The Kier molecular flexibility index (Phi) is 8.32. The maximum atomic E-state index is 13.0. The number of nitrogens with one attached hydrogen (secondary N) is 1. The van der Waals surface area contributed by atoms with Crippen LogP contribution < -0.4 is 4.72 Å². The Bertz CT molecular complexity index is 1230. The van der Waals surface area contributed by atoms with E-state index >= 15 is 0 Å². The van der Waals surface area contributed by atoms with Gasteiger partial charge < -0.3 is 18.8 Å². The number of methoxy groups -OCH3 is 1. The molecular formula is C23H25ClN2O7S. The van der Waals surface area contributed by atoms with Crippen molar-refractivity contribution < 1.29 is 31.9 Å². The minimum atomic E-state index is -3.77. The van der Waals surface area contributed by atoms with Gasteiger partial charge in [0.25, 0.3) is 5.91 Å². The Hall–Kier alpha value is -2.92. The highest BCUT2D eigenvalue weighted by Crippen LogP contribution is 2.32. The van der Waals surface area contributed by atoms with Gasteiger partial charge in [0.2, 0.25) is 10.0 Å². The molecular weight excluding hydrogens is 484 g/mol. The zero-order valence-corrected chi connectivity index (χ0v) is 20.5. The number of carbonyl (C=O) groups excluding carboxylic acids is 2. The number of nitrogens with zero attached hydrogens (tertiary/aromatic N) is 1. The van der Waals surface area contributed by atoms with E-state index in [0.29, 0.717) is 23.1 Å². The first-order valence-electron chi connectivity index (χ1n) is 10.4. The number of ether oxygens (including phenoxy) is 2. The van der Waals surface area contributed by atoms with Crippen molar-refractivity contribution in [1.29, 1.82) is 0 Å². The Labute approximate surface area is 203 Å². The molecule has 2 heterocycles. The summed E-state index contributed by atoms with van der Waals surface area (Å²) in [5, 5.41) is 0.427. The van der Waals surface area contributed by atoms with E-state index in [9.17, 15) is 18.0 Å². The van der Waals surface area contributed by atoms with Crippen LogP contribution in [0.15, 0.2) is 62.6 Å². The molecule has 1 aromatic heterocycles. The maximum Gasteiger partial charge on any atom is 0.340 e. The van der Waals surface area contributed by atoms with E-state index in [1.807, 2.05) is 0 Å². The summed E-state index contributed by atoms with van der Waals surface area (Å²) in [4.78, 5) is 27.1. The first kappa shape index (κ1) is 25.7. The summed E-state index contributed by atoms with van der Waals surface area (Å²) in [5.41, 5.74) is 0.758. The molecule has 9 nitrogen and oxygen atoms in total. The van der Waals surface area contributed by atoms with Gasteiger partial charge in [-0.25, -0.2) is 17.9 Å². The number of sulfonamides is 1. The van der Waals surface area contributed by atoms with Crippen LogP contribution in [0.5, 0.6) is 0 Å². The van der Waals surface area contributed by atoms with Gasteiger partial charge in [0, 0.05) is 24.4 Å². The predicted molar refractivity (Wildman–Crippen MR) is 125 cm³/mol. The van der Waals surface area contributed by atoms with Crippen LogP contribution in [-0.4, -0.2) is 52.1 Å². The van der Waals surface area contributed by atoms with E-state index in [1.54, 1.807) is 26.0 Å². The summed E-state index contributed by atoms with van der Waals surface area (Å²) < 4.78 is 43.2. The Balaban J connectivity index is 1.81. The van der Waals surface area contributed by atoms with E-state index in [0.717, 1.165) is 0 Å². The molecule has 182 valence electrons. The molecule has 0 saturated heterocycles. The molecule has 0 saturated carbocycles. The number of hydrogen-bond donors (Lipinski definition) is 1. The van der Waals surface area contributed by atoms with Crippen molar-refractivity contribution in [2.24, 2.45) is 0 Å². The van der Waals surface area contributed by atoms with Crippen molar-refractivity contribution in [3.05, 3.63) is 69.8 Å². The molecule has 0 fully saturated rings. The van der Waals surface area contributed by atoms with Crippen molar-refractivity contribution in [1.82, 2.24) is 9.62 Å². The van der Waals surface area contributed by atoms with E-state index < -0.39 is 16.0 Å². The summed E-state index contributed by atoms with van der Waals surface area (Å²) in [7, 11) is -2.25. The van der Waals surface area contributed by atoms with Crippen LogP contribution in [-0.2, 0) is 35.6 Å². The summed E-state index contributed by atoms with van der Waals surface area (Å²) in [6, 6.07) is 8.93. The molecule has 0 atom stereocenters. The first-order chi connectivity index (χ1) is 16.2. The van der Waals surface area contributed by atoms with Gasteiger partial charge in [-0.15, -0.1) is 0 Å². The molecule has 34 heavy (non-hydrogen) atoms. The van der Waals surface area contributed by atoms with Gasteiger partial charge in [-0.1, -0.05) is 11.6 Å². The molecule has 0 bridgehead atoms. The summed E-state index contributed by atoms with van der Waals surface area (Å²) in [6.45, 7) is 3.97. The average Bonchev–Trinajstić information content (AvgIpc) is 3.34. The highest BCUT2D eigenvalue weighted by molar-refractivity contribution is 7.89. The Morgan fingerprint density at radius 3 is 2.56 bits per heavy atom. The van der Waals surface area contributed by atoms with Crippen LogP contribution in [0.25, 0.3) is 6.08 Å².